The summed E-state index contributed by atoms with van der Waals surface area (Å²) in [5.74, 6) is 1.61. The molecular weight excluding hydrogens is 368 g/mol. The molecule has 0 atom stereocenters. The van der Waals surface area contributed by atoms with E-state index in [9.17, 15) is 0 Å². The Morgan fingerprint density at radius 1 is 1.00 bits per heavy atom. The van der Waals surface area contributed by atoms with Gasteiger partial charge in [0.25, 0.3) is 0 Å². The highest BCUT2D eigenvalue weighted by molar-refractivity contribution is 9.11. The number of furan rings is 1. The van der Waals surface area contributed by atoms with Gasteiger partial charge < -0.3 is 4.42 Å². The summed E-state index contributed by atoms with van der Waals surface area (Å²) in [7, 11) is 0. The summed E-state index contributed by atoms with van der Waals surface area (Å²) in [6.07, 6.45) is 8.46. The molecule has 1 aliphatic carbocycles. The van der Waals surface area contributed by atoms with Crippen molar-refractivity contribution < 1.29 is 4.42 Å². The first-order chi connectivity index (χ1) is 9.25. The van der Waals surface area contributed by atoms with Crippen molar-refractivity contribution in [3.05, 3.63) is 45.0 Å². The van der Waals surface area contributed by atoms with E-state index in [1.165, 1.54) is 37.7 Å². The quantitative estimate of drug-likeness (QED) is 0.575. The van der Waals surface area contributed by atoms with E-state index in [1.54, 1.807) is 6.26 Å². The molecule has 0 amide bonds. The SMILES string of the molecule is Brc1cc(C2CCCCC2)cc(Br)c1-c1ccco1. The molecule has 0 N–H and O–H groups in total. The molecule has 3 rings (SSSR count). The number of hydrogen-bond acceptors (Lipinski definition) is 1. The molecule has 3 heteroatoms. The van der Waals surface area contributed by atoms with Crippen LogP contribution in [0.2, 0.25) is 0 Å². The highest BCUT2D eigenvalue weighted by atomic mass is 79.9. The Morgan fingerprint density at radius 2 is 1.68 bits per heavy atom. The molecule has 100 valence electrons. The maximum absolute atomic E-state index is 5.51. The van der Waals surface area contributed by atoms with Gasteiger partial charge in [0, 0.05) is 14.5 Å². The summed E-state index contributed by atoms with van der Waals surface area (Å²) < 4.78 is 7.72. The van der Waals surface area contributed by atoms with Gasteiger partial charge in [0.1, 0.15) is 5.76 Å². The molecule has 0 radical (unpaired) electrons. The second-order valence-corrected chi connectivity index (χ2v) is 6.88. The van der Waals surface area contributed by atoms with Gasteiger partial charge in [-0.3, -0.25) is 0 Å². The fourth-order valence-electron chi connectivity index (χ4n) is 2.92. The number of hydrogen-bond donors (Lipinski definition) is 0. The van der Waals surface area contributed by atoms with Crippen LogP contribution in [-0.2, 0) is 0 Å². The summed E-state index contributed by atoms with van der Waals surface area (Å²) in [5, 5.41) is 0. The molecule has 0 unspecified atom stereocenters. The van der Waals surface area contributed by atoms with Gasteiger partial charge in [-0.15, -0.1) is 0 Å². The van der Waals surface area contributed by atoms with Crippen molar-refractivity contribution in [2.75, 3.05) is 0 Å². The standard InChI is InChI=1S/C16H16Br2O/c17-13-9-12(11-5-2-1-3-6-11)10-14(18)16(13)15-7-4-8-19-15/h4,7-11H,1-3,5-6H2. The summed E-state index contributed by atoms with van der Waals surface area (Å²) in [4.78, 5) is 0. The van der Waals surface area contributed by atoms with Gasteiger partial charge in [-0.05, 0) is 80.4 Å². The fraction of sp³-hybridized carbons (Fsp3) is 0.375. The molecule has 0 saturated heterocycles. The zero-order chi connectivity index (χ0) is 13.2. The van der Waals surface area contributed by atoms with E-state index < -0.39 is 0 Å². The fourth-order valence-corrected chi connectivity index (χ4v) is 4.53. The summed E-state index contributed by atoms with van der Waals surface area (Å²) >= 11 is 7.39. The summed E-state index contributed by atoms with van der Waals surface area (Å²) in [6, 6.07) is 8.44. The lowest BCUT2D eigenvalue weighted by molar-refractivity contribution is 0.443. The number of benzene rings is 1. The van der Waals surface area contributed by atoms with E-state index in [0.29, 0.717) is 5.92 Å². The first kappa shape index (κ1) is 13.4. The largest absolute Gasteiger partial charge is 0.464 e. The third kappa shape index (κ3) is 2.82. The highest BCUT2D eigenvalue weighted by Gasteiger charge is 2.19. The van der Waals surface area contributed by atoms with Crippen molar-refractivity contribution in [3.63, 3.8) is 0 Å². The van der Waals surface area contributed by atoms with E-state index >= 15 is 0 Å². The van der Waals surface area contributed by atoms with Crippen LogP contribution in [0.1, 0.15) is 43.6 Å². The lowest BCUT2D eigenvalue weighted by atomic mass is 9.84. The molecule has 2 aromatic rings. The minimum Gasteiger partial charge on any atom is -0.464 e. The molecule has 1 aromatic carbocycles. The smallest absolute Gasteiger partial charge is 0.136 e. The van der Waals surface area contributed by atoms with Crippen molar-refractivity contribution in [2.45, 2.75) is 38.0 Å². The molecule has 1 aliphatic rings. The lowest BCUT2D eigenvalue weighted by Crippen LogP contribution is -2.04. The topological polar surface area (TPSA) is 13.1 Å². The second kappa shape index (κ2) is 5.84. The Balaban J connectivity index is 1.97. The zero-order valence-electron chi connectivity index (χ0n) is 10.7. The minimum atomic E-state index is 0.715. The number of halogens is 2. The van der Waals surface area contributed by atoms with Crippen molar-refractivity contribution in [3.8, 4) is 11.3 Å². The van der Waals surface area contributed by atoms with Crippen molar-refractivity contribution >= 4 is 31.9 Å². The lowest BCUT2D eigenvalue weighted by Gasteiger charge is -2.23. The molecule has 1 heterocycles. The van der Waals surface area contributed by atoms with Gasteiger partial charge in [-0.1, -0.05) is 19.3 Å². The molecule has 1 nitrogen and oxygen atoms in total. The van der Waals surface area contributed by atoms with E-state index in [2.05, 4.69) is 44.0 Å². The van der Waals surface area contributed by atoms with Crippen LogP contribution in [0.5, 0.6) is 0 Å². The first-order valence-corrected chi connectivity index (χ1v) is 8.37. The summed E-state index contributed by atoms with van der Waals surface area (Å²) in [5.41, 5.74) is 2.54. The van der Waals surface area contributed by atoms with Gasteiger partial charge in [-0.2, -0.15) is 0 Å². The molecule has 0 aliphatic heterocycles. The van der Waals surface area contributed by atoms with E-state index in [4.69, 9.17) is 4.42 Å². The minimum absolute atomic E-state index is 0.715. The third-order valence-electron chi connectivity index (χ3n) is 3.91. The first-order valence-electron chi connectivity index (χ1n) is 6.78. The van der Waals surface area contributed by atoms with E-state index in [0.717, 1.165) is 20.3 Å². The molecule has 19 heavy (non-hydrogen) atoms. The van der Waals surface area contributed by atoms with E-state index in [-0.39, 0.29) is 0 Å². The van der Waals surface area contributed by atoms with E-state index in [1.807, 2.05) is 12.1 Å². The monoisotopic (exact) mass is 382 g/mol. The van der Waals surface area contributed by atoms with Gasteiger partial charge in [0.05, 0.1) is 6.26 Å². The number of rotatable bonds is 2. The van der Waals surface area contributed by atoms with Crippen molar-refractivity contribution in [1.29, 1.82) is 0 Å². The third-order valence-corrected chi connectivity index (χ3v) is 5.16. The predicted molar refractivity (Wildman–Crippen MR) is 85.4 cm³/mol. The Labute approximate surface area is 130 Å². The van der Waals surface area contributed by atoms with Crippen LogP contribution in [0.15, 0.2) is 43.9 Å². The second-order valence-electron chi connectivity index (χ2n) is 5.17. The maximum Gasteiger partial charge on any atom is 0.136 e. The highest BCUT2D eigenvalue weighted by Crippen LogP contribution is 2.41. The summed E-state index contributed by atoms with van der Waals surface area (Å²) in [6.45, 7) is 0. The average Bonchev–Trinajstić information content (AvgIpc) is 2.93. The van der Waals surface area contributed by atoms with Crippen LogP contribution >= 0.6 is 31.9 Å². The van der Waals surface area contributed by atoms with Gasteiger partial charge >= 0.3 is 0 Å². The van der Waals surface area contributed by atoms with Crippen LogP contribution < -0.4 is 0 Å². The van der Waals surface area contributed by atoms with Gasteiger partial charge in [0.15, 0.2) is 0 Å². The van der Waals surface area contributed by atoms with Gasteiger partial charge in [0.2, 0.25) is 0 Å². The molecule has 0 spiro atoms. The Bertz CT molecular complexity index is 531. The maximum atomic E-state index is 5.51. The Kier molecular flexibility index (Phi) is 4.13. The van der Waals surface area contributed by atoms with Crippen LogP contribution in [-0.4, -0.2) is 0 Å². The molecule has 1 saturated carbocycles. The molecular formula is C16H16Br2O. The predicted octanol–water partition coefficient (Wildman–Crippen LogP) is 6.52. The Hall–Kier alpha value is -0.540. The van der Waals surface area contributed by atoms with Crippen LogP contribution in [0.3, 0.4) is 0 Å². The molecule has 1 aromatic heterocycles. The van der Waals surface area contributed by atoms with Crippen LogP contribution in [0, 0.1) is 0 Å². The molecule has 1 fully saturated rings. The molecule has 0 bridgehead atoms. The Morgan fingerprint density at radius 3 is 2.26 bits per heavy atom. The van der Waals surface area contributed by atoms with Crippen molar-refractivity contribution in [2.24, 2.45) is 0 Å². The van der Waals surface area contributed by atoms with Crippen molar-refractivity contribution in [1.82, 2.24) is 0 Å². The normalized spacial score (nSPS) is 16.7. The van der Waals surface area contributed by atoms with Crippen LogP contribution in [0.25, 0.3) is 11.3 Å². The average molecular weight is 384 g/mol. The van der Waals surface area contributed by atoms with Gasteiger partial charge in [-0.25, -0.2) is 0 Å². The van der Waals surface area contributed by atoms with Crippen LogP contribution in [0.4, 0.5) is 0 Å². The zero-order valence-corrected chi connectivity index (χ0v) is 13.8.